The predicted molar refractivity (Wildman–Crippen MR) is 305 cm³/mol. The summed E-state index contributed by atoms with van der Waals surface area (Å²) < 4.78 is 90.8. The molecule has 6 N–H and O–H groups in total. The number of hydrogen-bond acceptors (Lipinski definition) is 16. The number of benzene rings is 4. The summed E-state index contributed by atoms with van der Waals surface area (Å²) >= 11 is 25.9. The Morgan fingerprint density at radius 1 is 0.525 bits per heavy atom. The molecule has 0 aliphatic carbocycles. The number of hydrogen-bond donors (Lipinski definition) is 6. The van der Waals surface area contributed by atoms with Crippen molar-refractivity contribution in [3.8, 4) is 0 Å². The van der Waals surface area contributed by atoms with Gasteiger partial charge >= 0.3 is 0 Å². The summed E-state index contributed by atoms with van der Waals surface area (Å²) in [5.41, 5.74) is 5.65. The Labute approximate surface area is 489 Å². The minimum atomic E-state index is -3.83. The fourth-order valence-corrected chi connectivity index (χ4v) is 12.3. The quantitative estimate of drug-likeness (QED) is 0.0346. The molecule has 0 aromatic heterocycles. The Balaban J connectivity index is 0.723. The topological polar surface area (TPSA) is 253 Å². The highest BCUT2D eigenvalue weighted by Gasteiger charge is 2.32. The maximum Gasteiger partial charge on any atom is 0.252 e. The van der Waals surface area contributed by atoms with E-state index < -0.39 is 44.1 Å². The molecule has 2 heterocycles. The van der Waals surface area contributed by atoms with Gasteiger partial charge < -0.3 is 49.3 Å². The third-order valence-electron chi connectivity index (χ3n) is 13.3. The van der Waals surface area contributed by atoms with Crippen molar-refractivity contribution in [1.82, 2.24) is 29.9 Å². The van der Waals surface area contributed by atoms with Crippen molar-refractivity contribution in [1.29, 1.82) is 0 Å². The zero-order valence-electron chi connectivity index (χ0n) is 44.8. The van der Waals surface area contributed by atoms with Gasteiger partial charge in [-0.1, -0.05) is 84.5 Å². The van der Waals surface area contributed by atoms with Crippen molar-refractivity contribution in [2.45, 2.75) is 60.8 Å². The summed E-state index contributed by atoms with van der Waals surface area (Å²) in [6, 6.07) is 21.0. The molecule has 0 saturated carbocycles. The van der Waals surface area contributed by atoms with Gasteiger partial charge in [0.1, 0.15) is 0 Å². The number of aliphatic hydroxyl groups is 2. The molecule has 4 atom stereocenters. The molecule has 442 valence electrons. The van der Waals surface area contributed by atoms with Gasteiger partial charge in [-0.3, -0.25) is 19.4 Å². The average molecular weight is 1240 g/mol. The lowest BCUT2D eigenvalue weighted by molar-refractivity contribution is -0.146. The summed E-state index contributed by atoms with van der Waals surface area (Å²) in [4.78, 5) is 29.4. The normalized spacial score (nSPS) is 16.7. The van der Waals surface area contributed by atoms with Crippen LogP contribution in [-0.2, 0) is 71.1 Å². The van der Waals surface area contributed by atoms with Crippen LogP contribution in [0.5, 0.6) is 0 Å². The number of nitrogens with one attached hydrogen (secondary N) is 4. The summed E-state index contributed by atoms with van der Waals surface area (Å²) in [7, 11) is -7.65. The van der Waals surface area contributed by atoms with Gasteiger partial charge in [-0.25, -0.2) is 26.3 Å². The fraction of sp³-hybridized carbons (Fsp3) is 0.519. The SMILES string of the molecule is CCN1Cc2c(Cl)cc(Cl)cc2C(c2cccc(S(=O)(=O)NCCOCCOCCOCCNC(=O)C(O)C(O)C(=O)NCCOCCOCCOCCNS(=O)(=O)c3cccc(C4CN(CC)Cc5c(Cl)cc(Cl)cc54)c3)c2)C1. The van der Waals surface area contributed by atoms with Crippen LogP contribution >= 0.6 is 46.4 Å². The molecule has 0 bridgehead atoms. The van der Waals surface area contributed by atoms with Crippen LogP contribution in [0.3, 0.4) is 0 Å². The Bertz CT molecular complexity index is 2690. The Hall–Kier alpha value is -3.60. The van der Waals surface area contributed by atoms with Crippen LogP contribution in [0.4, 0.5) is 0 Å². The Morgan fingerprint density at radius 2 is 0.863 bits per heavy atom. The maximum absolute atomic E-state index is 13.2. The molecular weight excluding hydrogens is 1160 g/mol. The largest absolute Gasteiger partial charge is 0.380 e. The molecule has 20 nitrogen and oxygen atoms in total. The van der Waals surface area contributed by atoms with E-state index in [4.69, 9.17) is 74.8 Å². The second-order valence-electron chi connectivity index (χ2n) is 18.8. The highest BCUT2D eigenvalue weighted by Crippen LogP contribution is 2.41. The van der Waals surface area contributed by atoms with Crippen molar-refractivity contribution in [2.24, 2.45) is 0 Å². The molecule has 80 heavy (non-hydrogen) atoms. The number of carbonyl (C=O) groups is 2. The second-order valence-corrected chi connectivity index (χ2v) is 24.0. The van der Waals surface area contributed by atoms with Gasteiger partial charge in [-0.2, -0.15) is 0 Å². The summed E-state index contributed by atoms with van der Waals surface area (Å²) in [5, 5.41) is 27.4. The lowest BCUT2D eigenvalue weighted by atomic mass is 9.84. The van der Waals surface area contributed by atoms with E-state index in [9.17, 15) is 36.6 Å². The number of amides is 2. The first-order valence-corrected chi connectivity index (χ1v) is 30.9. The fourth-order valence-electron chi connectivity index (χ4n) is 9.08. The van der Waals surface area contributed by atoms with Gasteiger partial charge in [0.15, 0.2) is 12.2 Å². The summed E-state index contributed by atoms with van der Waals surface area (Å²) in [6.07, 6.45) is -4.04. The molecule has 4 unspecified atom stereocenters. The molecule has 2 aliphatic heterocycles. The van der Waals surface area contributed by atoms with Gasteiger partial charge in [-0.15, -0.1) is 0 Å². The zero-order valence-corrected chi connectivity index (χ0v) is 49.5. The van der Waals surface area contributed by atoms with Crippen molar-refractivity contribution in [2.75, 3.05) is 132 Å². The van der Waals surface area contributed by atoms with E-state index in [-0.39, 0.29) is 127 Å². The molecule has 4 aromatic carbocycles. The first-order valence-electron chi connectivity index (χ1n) is 26.4. The van der Waals surface area contributed by atoms with Crippen LogP contribution in [-0.4, -0.2) is 193 Å². The van der Waals surface area contributed by atoms with Crippen molar-refractivity contribution < 1.29 is 65.1 Å². The van der Waals surface area contributed by atoms with Crippen LogP contribution in [0, 0.1) is 0 Å². The van der Waals surface area contributed by atoms with Crippen molar-refractivity contribution in [3.05, 3.63) is 126 Å². The highest BCUT2D eigenvalue weighted by molar-refractivity contribution is 7.89. The average Bonchev–Trinajstić information content (AvgIpc) is 3.46. The lowest BCUT2D eigenvalue weighted by Crippen LogP contribution is -2.50. The van der Waals surface area contributed by atoms with E-state index in [1.807, 2.05) is 24.3 Å². The predicted octanol–water partition coefficient (Wildman–Crippen LogP) is 4.55. The van der Waals surface area contributed by atoms with Crippen molar-refractivity contribution in [3.63, 3.8) is 0 Å². The minimum absolute atomic E-state index is 0.00786. The third kappa shape index (κ3) is 19.8. The van der Waals surface area contributed by atoms with Crippen molar-refractivity contribution >= 4 is 78.3 Å². The van der Waals surface area contributed by atoms with E-state index in [0.717, 1.165) is 46.5 Å². The van der Waals surface area contributed by atoms with Gasteiger partial charge in [0, 0.05) is 84.3 Å². The Kier molecular flexibility index (Phi) is 27.1. The van der Waals surface area contributed by atoms with Crippen LogP contribution in [0.15, 0.2) is 82.6 Å². The molecule has 0 saturated heterocycles. The molecular formula is C54H72Cl4N6O14S2. The number of nitrogens with zero attached hydrogens (tertiary/aromatic N) is 2. The summed E-state index contributed by atoms with van der Waals surface area (Å²) in [5.74, 6) is -2.14. The Morgan fingerprint density at radius 3 is 1.21 bits per heavy atom. The molecule has 6 rings (SSSR count). The standard InChI is InChI=1S/C54H72Cl4N6O14S2/c1-3-63-33-45(43-29-39(55)31-49(57)47(43)35-63)37-7-5-9-41(27-37)79(69,70)61-13-17-75-21-25-77-23-19-73-15-11-59-53(67)51(65)52(66)54(68)60-12-16-74-20-24-78-26-22-76-18-14-62-80(71,72)42-10-6-8-38(28-42)46-34-64(4-2)36-48-44(46)30-40(56)32-50(48)58/h5-10,27-32,45-46,51-52,61-62,65-66H,3-4,11-26,33-36H2,1-2H3,(H,59,67)(H,60,68). The maximum atomic E-state index is 13.2. The van der Waals surface area contributed by atoms with Crippen LogP contribution in [0.1, 0.15) is 59.1 Å². The number of sulfonamides is 2. The highest BCUT2D eigenvalue weighted by atomic mass is 35.5. The second kappa shape index (κ2) is 33.0. The number of fused-ring (bicyclic) bond motifs is 2. The van der Waals surface area contributed by atoms with E-state index in [0.29, 0.717) is 46.3 Å². The van der Waals surface area contributed by atoms with Gasteiger partial charge in [0.05, 0.1) is 89.1 Å². The zero-order chi connectivity index (χ0) is 57.7. The number of likely N-dealkylation sites (N-methyl/N-ethyl adjacent to an activating group) is 2. The number of aliphatic hydroxyl groups excluding tert-OH is 2. The summed E-state index contributed by atoms with van der Waals surface area (Å²) in [6.45, 7) is 10.7. The van der Waals surface area contributed by atoms with Gasteiger partial charge in [0.2, 0.25) is 20.0 Å². The van der Waals surface area contributed by atoms with E-state index >= 15 is 0 Å². The van der Waals surface area contributed by atoms with Gasteiger partial charge in [-0.05, 0) is 95.0 Å². The van der Waals surface area contributed by atoms with Crippen LogP contribution < -0.4 is 20.1 Å². The molecule has 26 heteroatoms. The van der Waals surface area contributed by atoms with Gasteiger partial charge in [0.25, 0.3) is 11.8 Å². The molecule has 0 spiro atoms. The first-order chi connectivity index (χ1) is 38.4. The number of halogens is 4. The minimum Gasteiger partial charge on any atom is -0.380 e. The van der Waals surface area contributed by atoms with E-state index in [1.54, 1.807) is 48.5 Å². The molecule has 0 radical (unpaired) electrons. The third-order valence-corrected chi connectivity index (χ3v) is 17.3. The smallest absolute Gasteiger partial charge is 0.252 e. The lowest BCUT2D eigenvalue weighted by Gasteiger charge is -2.35. The number of carbonyl (C=O) groups excluding carboxylic acids is 2. The number of ether oxygens (including phenoxy) is 6. The monoisotopic (exact) mass is 1230 g/mol. The number of rotatable bonds is 35. The van der Waals surface area contributed by atoms with Crippen LogP contribution in [0.2, 0.25) is 20.1 Å². The molecule has 0 fully saturated rings. The molecule has 2 amide bonds. The first kappa shape index (κ1) is 65.6. The molecule has 4 aromatic rings. The van der Waals surface area contributed by atoms with Crippen LogP contribution in [0.25, 0.3) is 0 Å². The molecule has 2 aliphatic rings. The van der Waals surface area contributed by atoms with E-state index in [1.165, 1.54) is 0 Å². The van der Waals surface area contributed by atoms with E-state index in [2.05, 4.69) is 43.7 Å².